The summed E-state index contributed by atoms with van der Waals surface area (Å²) in [4.78, 5) is 19.6. The van der Waals surface area contributed by atoms with Gasteiger partial charge in [-0.25, -0.2) is 4.99 Å². The molecule has 0 aromatic heterocycles. The number of nitrogens with zero attached hydrogens (tertiary/aromatic N) is 2. The molecule has 6 heteroatoms. The number of aliphatic imine (C=N–C) groups is 1. The Morgan fingerprint density at radius 3 is 2.73 bits per heavy atom. The highest BCUT2D eigenvalue weighted by atomic mass is 16.5. The summed E-state index contributed by atoms with van der Waals surface area (Å²) in [6.45, 7) is 5.90. The molecule has 0 spiro atoms. The van der Waals surface area contributed by atoms with E-state index in [0.717, 1.165) is 68.7 Å². The molecule has 2 saturated carbocycles. The number of amides is 1. The lowest BCUT2D eigenvalue weighted by Crippen LogP contribution is -2.45. The number of para-hydroxylation sites is 1. The van der Waals surface area contributed by atoms with Gasteiger partial charge in [-0.3, -0.25) is 4.79 Å². The maximum absolute atomic E-state index is 12.7. The van der Waals surface area contributed by atoms with E-state index in [9.17, 15) is 4.79 Å². The number of guanidine groups is 1. The Morgan fingerprint density at radius 2 is 1.97 bits per heavy atom. The van der Waals surface area contributed by atoms with Crippen molar-refractivity contribution >= 4 is 11.9 Å². The predicted octanol–water partition coefficient (Wildman–Crippen LogP) is 3.32. The number of likely N-dealkylation sites (tertiary alicyclic amines) is 1. The first-order chi connectivity index (χ1) is 14.7. The first kappa shape index (κ1) is 21.0. The zero-order chi connectivity index (χ0) is 20.8. The Balaban J connectivity index is 1.32. The molecule has 1 aliphatic heterocycles. The fourth-order valence-electron chi connectivity index (χ4n) is 4.45. The second-order valence-corrected chi connectivity index (χ2v) is 8.95. The van der Waals surface area contributed by atoms with Gasteiger partial charge in [0.1, 0.15) is 5.75 Å². The standard InChI is InChI=1S/C24H36N4O2/c1-2-25-24(26-15-20-9-5-6-10-22(20)30-17-18-11-12-18)27-21-13-14-28(16-21)23(29)19-7-3-4-8-19/h5-6,9-10,18-19,21H,2-4,7-8,11-17H2,1H3,(H2,25,26,27). The van der Waals surface area contributed by atoms with Gasteiger partial charge in [-0.05, 0) is 51.0 Å². The Bertz CT molecular complexity index is 740. The summed E-state index contributed by atoms with van der Waals surface area (Å²) in [5.41, 5.74) is 1.11. The summed E-state index contributed by atoms with van der Waals surface area (Å²) >= 11 is 0. The van der Waals surface area contributed by atoms with Gasteiger partial charge in [0.15, 0.2) is 5.96 Å². The van der Waals surface area contributed by atoms with Crippen LogP contribution in [0.15, 0.2) is 29.3 Å². The average molecular weight is 413 g/mol. The second-order valence-electron chi connectivity index (χ2n) is 8.95. The number of carbonyl (C=O) groups excluding carboxylic acids is 1. The lowest BCUT2D eigenvalue weighted by atomic mass is 10.1. The van der Waals surface area contributed by atoms with Crippen molar-refractivity contribution in [2.24, 2.45) is 16.8 Å². The van der Waals surface area contributed by atoms with Crippen molar-refractivity contribution in [3.05, 3.63) is 29.8 Å². The first-order valence-electron chi connectivity index (χ1n) is 11.8. The zero-order valence-electron chi connectivity index (χ0n) is 18.2. The van der Waals surface area contributed by atoms with E-state index in [-0.39, 0.29) is 12.0 Å². The van der Waals surface area contributed by atoms with Crippen molar-refractivity contribution in [2.75, 3.05) is 26.2 Å². The molecule has 1 saturated heterocycles. The molecule has 164 valence electrons. The molecule has 1 heterocycles. The number of hydrogen-bond acceptors (Lipinski definition) is 3. The van der Waals surface area contributed by atoms with Crippen molar-refractivity contribution in [3.8, 4) is 5.75 Å². The van der Waals surface area contributed by atoms with Gasteiger partial charge in [-0.2, -0.15) is 0 Å². The Kier molecular flexibility index (Phi) is 7.13. The first-order valence-corrected chi connectivity index (χ1v) is 11.8. The predicted molar refractivity (Wildman–Crippen MR) is 120 cm³/mol. The molecule has 1 atom stereocenters. The van der Waals surface area contributed by atoms with Gasteiger partial charge in [-0.1, -0.05) is 31.0 Å². The van der Waals surface area contributed by atoms with Crippen LogP contribution >= 0.6 is 0 Å². The molecule has 2 aliphatic carbocycles. The van der Waals surface area contributed by atoms with Crippen LogP contribution in [0.25, 0.3) is 0 Å². The molecule has 0 radical (unpaired) electrons. The van der Waals surface area contributed by atoms with Crippen LogP contribution in [0.1, 0.15) is 57.4 Å². The number of hydrogen-bond donors (Lipinski definition) is 2. The second kappa shape index (κ2) is 10.2. The van der Waals surface area contributed by atoms with E-state index in [1.807, 2.05) is 18.2 Å². The van der Waals surface area contributed by atoms with E-state index in [4.69, 9.17) is 9.73 Å². The Morgan fingerprint density at radius 1 is 1.17 bits per heavy atom. The van der Waals surface area contributed by atoms with Crippen LogP contribution in [0, 0.1) is 11.8 Å². The zero-order valence-corrected chi connectivity index (χ0v) is 18.2. The van der Waals surface area contributed by atoms with E-state index in [0.29, 0.717) is 12.5 Å². The van der Waals surface area contributed by atoms with Gasteiger partial charge >= 0.3 is 0 Å². The Hall–Kier alpha value is -2.24. The summed E-state index contributed by atoms with van der Waals surface area (Å²) in [6, 6.07) is 8.45. The summed E-state index contributed by atoms with van der Waals surface area (Å²) < 4.78 is 6.02. The van der Waals surface area contributed by atoms with Crippen LogP contribution in [-0.4, -0.2) is 49.0 Å². The molecule has 2 N–H and O–H groups in total. The van der Waals surface area contributed by atoms with Crippen LogP contribution in [-0.2, 0) is 11.3 Å². The van der Waals surface area contributed by atoms with Crippen LogP contribution in [0.3, 0.4) is 0 Å². The van der Waals surface area contributed by atoms with Gasteiger partial charge < -0.3 is 20.3 Å². The topological polar surface area (TPSA) is 66.0 Å². The average Bonchev–Trinajstić information content (AvgIpc) is 3.22. The maximum Gasteiger partial charge on any atom is 0.225 e. The molecule has 1 aromatic rings. The highest BCUT2D eigenvalue weighted by Crippen LogP contribution is 2.30. The minimum atomic E-state index is 0.259. The number of carbonyl (C=O) groups is 1. The van der Waals surface area contributed by atoms with Crippen molar-refractivity contribution in [3.63, 3.8) is 0 Å². The van der Waals surface area contributed by atoms with E-state index >= 15 is 0 Å². The molecule has 3 aliphatic rings. The van der Waals surface area contributed by atoms with Crippen LogP contribution in [0.5, 0.6) is 5.75 Å². The van der Waals surface area contributed by atoms with Gasteiger partial charge in [-0.15, -0.1) is 0 Å². The largest absolute Gasteiger partial charge is 0.493 e. The summed E-state index contributed by atoms with van der Waals surface area (Å²) in [6.07, 6.45) is 8.10. The Labute approximate surface area is 180 Å². The number of ether oxygens (including phenoxy) is 1. The molecule has 3 fully saturated rings. The quantitative estimate of drug-likeness (QED) is 0.508. The van der Waals surface area contributed by atoms with Gasteiger partial charge in [0, 0.05) is 37.2 Å². The summed E-state index contributed by atoms with van der Waals surface area (Å²) in [5.74, 6) is 3.11. The van der Waals surface area contributed by atoms with Crippen LogP contribution in [0.2, 0.25) is 0 Å². The van der Waals surface area contributed by atoms with E-state index in [2.05, 4.69) is 28.5 Å². The van der Waals surface area contributed by atoms with Crippen molar-refractivity contribution in [2.45, 2.75) is 64.5 Å². The summed E-state index contributed by atoms with van der Waals surface area (Å²) in [5, 5.41) is 6.90. The third kappa shape index (κ3) is 5.67. The molecule has 4 rings (SSSR count). The van der Waals surface area contributed by atoms with Gasteiger partial charge in [0.25, 0.3) is 0 Å². The molecular formula is C24H36N4O2. The van der Waals surface area contributed by atoms with Gasteiger partial charge in [0.2, 0.25) is 5.91 Å². The lowest BCUT2D eigenvalue weighted by molar-refractivity contribution is -0.134. The molecule has 6 nitrogen and oxygen atoms in total. The SMILES string of the molecule is CCNC(=NCc1ccccc1OCC1CC1)NC1CCN(C(=O)C2CCCC2)C1. The van der Waals surface area contributed by atoms with Gasteiger partial charge in [0.05, 0.1) is 13.2 Å². The smallest absolute Gasteiger partial charge is 0.225 e. The number of benzene rings is 1. The third-order valence-corrected chi connectivity index (χ3v) is 6.44. The van der Waals surface area contributed by atoms with Crippen LogP contribution < -0.4 is 15.4 Å². The fourth-order valence-corrected chi connectivity index (χ4v) is 4.45. The summed E-state index contributed by atoms with van der Waals surface area (Å²) in [7, 11) is 0. The maximum atomic E-state index is 12.7. The molecule has 1 aromatic carbocycles. The normalized spacial score (nSPS) is 22.4. The molecular weight excluding hydrogens is 376 g/mol. The van der Waals surface area contributed by atoms with E-state index < -0.39 is 0 Å². The fraction of sp³-hybridized carbons (Fsp3) is 0.667. The molecule has 0 bridgehead atoms. The van der Waals surface area contributed by atoms with Crippen LogP contribution in [0.4, 0.5) is 0 Å². The van der Waals surface area contributed by atoms with E-state index in [1.165, 1.54) is 25.7 Å². The molecule has 1 amide bonds. The van der Waals surface area contributed by atoms with Crippen molar-refractivity contribution in [1.29, 1.82) is 0 Å². The third-order valence-electron chi connectivity index (χ3n) is 6.44. The minimum Gasteiger partial charge on any atom is -0.493 e. The molecule has 1 unspecified atom stereocenters. The number of rotatable bonds is 8. The number of nitrogens with one attached hydrogen (secondary N) is 2. The molecule has 30 heavy (non-hydrogen) atoms. The highest BCUT2D eigenvalue weighted by molar-refractivity contribution is 5.81. The minimum absolute atomic E-state index is 0.259. The lowest BCUT2D eigenvalue weighted by Gasteiger charge is -2.21. The highest BCUT2D eigenvalue weighted by Gasteiger charge is 2.32. The van der Waals surface area contributed by atoms with E-state index in [1.54, 1.807) is 0 Å². The van der Waals surface area contributed by atoms with Crippen molar-refractivity contribution in [1.82, 2.24) is 15.5 Å². The monoisotopic (exact) mass is 412 g/mol. The van der Waals surface area contributed by atoms with Crippen molar-refractivity contribution < 1.29 is 9.53 Å².